The average Bonchev–Trinajstić information content (AvgIpc) is 3.49. The maximum Gasteiger partial charge on any atom is 0.251 e. The third kappa shape index (κ3) is 5.16. The zero-order chi connectivity index (χ0) is 21.6. The number of carbonyl (C=O) groups excluding carboxylic acids is 1. The first-order valence-corrected chi connectivity index (χ1v) is 10.6. The number of nitrogens with one attached hydrogen (secondary N) is 1. The summed E-state index contributed by atoms with van der Waals surface area (Å²) in [5.41, 5.74) is 4.20. The monoisotopic (exact) mass is 414 g/mol. The van der Waals surface area contributed by atoms with Crippen LogP contribution in [0.5, 0.6) is 5.75 Å². The van der Waals surface area contributed by atoms with E-state index in [4.69, 9.17) is 9.26 Å². The summed E-state index contributed by atoms with van der Waals surface area (Å²) in [6, 6.07) is 15.1. The molecule has 5 nitrogen and oxygen atoms in total. The second kappa shape index (κ2) is 9.53. The van der Waals surface area contributed by atoms with Gasteiger partial charge in [0.15, 0.2) is 5.76 Å². The zero-order valence-corrected chi connectivity index (χ0v) is 17.9. The minimum absolute atomic E-state index is 0.155. The fourth-order valence-corrected chi connectivity index (χ4v) is 3.78. The summed E-state index contributed by atoms with van der Waals surface area (Å²) in [4.78, 5) is 12.6. The van der Waals surface area contributed by atoms with Crippen LogP contribution in [0.15, 0.2) is 53.1 Å². The number of amides is 1. The van der Waals surface area contributed by atoms with Crippen LogP contribution in [-0.2, 0) is 6.54 Å². The third-order valence-electron chi connectivity index (χ3n) is 5.60. The molecule has 0 spiro atoms. The predicted molar refractivity (Wildman–Crippen MR) is 120 cm³/mol. The smallest absolute Gasteiger partial charge is 0.251 e. The van der Waals surface area contributed by atoms with Crippen molar-refractivity contribution in [1.82, 2.24) is 10.5 Å². The van der Waals surface area contributed by atoms with Crippen molar-refractivity contribution >= 4 is 5.91 Å². The van der Waals surface area contributed by atoms with Crippen molar-refractivity contribution in [2.75, 3.05) is 7.11 Å². The Morgan fingerprint density at radius 1 is 1.19 bits per heavy atom. The van der Waals surface area contributed by atoms with Gasteiger partial charge in [-0.25, -0.2) is 0 Å². The molecular formula is C26H26N2O3. The lowest BCUT2D eigenvalue weighted by Gasteiger charge is -2.06. The van der Waals surface area contributed by atoms with Crippen molar-refractivity contribution < 1.29 is 14.1 Å². The Bertz CT molecular complexity index is 1130. The van der Waals surface area contributed by atoms with Crippen molar-refractivity contribution in [3.63, 3.8) is 0 Å². The standard InChI is InChI=1S/C26H26N2O3/c1-18-14-22(13-12-20(18)11-10-19-6-3-4-7-19)26(29)27-17-24-16-25(28-31-24)21-8-5-9-23(15-21)30-2/h5,8-9,12-16,19H,3-4,6-7,17H2,1-2H3,(H,27,29). The van der Waals surface area contributed by atoms with E-state index >= 15 is 0 Å². The molecule has 0 bridgehead atoms. The van der Waals surface area contributed by atoms with Gasteiger partial charge in [-0.1, -0.05) is 42.0 Å². The molecule has 5 heteroatoms. The van der Waals surface area contributed by atoms with Gasteiger partial charge in [-0.3, -0.25) is 4.79 Å². The lowest BCUT2D eigenvalue weighted by atomic mass is 10.0. The number of aromatic nitrogens is 1. The molecular weight excluding hydrogens is 388 g/mol. The van der Waals surface area contributed by atoms with Crippen LogP contribution in [0, 0.1) is 24.7 Å². The molecule has 0 atom stereocenters. The number of benzene rings is 2. The number of hydrogen-bond donors (Lipinski definition) is 1. The summed E-state index contributed by atoms with van der Waals surface area (Å²) in [5.74, 6) is 8.37. The minimum Gasteiger partial charge on any atom is -0.497 e. The van der Waals surface area contributed by atoms with E-state index in [1.807, 2.05) is 55.5 Å². The molecule has 3 aromatic rings. The fraction of sp³-hybridized carbons (Fsp3) is 0.308. The Balaban J connectivity index is 1.37. The third-order valence-corrected chi connectivity index (χ3v) is 5.60. The molecule has 158 valence electrons. The molecule has 1 N–H and O–H groups in total. The lowest BCUT2D eigenvalue weighted by molar-refractivity contribution is 0.0947. The Morgan fingerprint density at radius 3 is 2.81 bits per heavy atom. The fourth-order valence-electron chi connectivity index (χ4n) is 3.78. The largest absolute Gasteiger partial charge is 0.497 e. The average molecular weight is 415 g/mol. The Morgan fingerprint density at radius 2 is 2.03 bits per heavy atom. The maximum absolute atomic E-state index is 12.6. The van der Waals surface area contributed by atoms with Gasteiger partial charge in [0.05, 0.1) is 13.7 Å². The van der Waals surface area contributed by atoms with Gasteiger partial charge in [-0.2, -0.15) is 0 Å². The van der Waals surface area contributed by atoms with Gasteiger partial charge < -0.3 is 14.6 Å². The quantitative estimate of drug-likeness (QED) is 0.588. The van der Waals surface area contributed by atoms with Crippen molar-refractivity contribution in [2.24, 2.45) is 5.92 Å². The van der Waals surface area contributed by atoms with Gasteiger partial charge in [-0.05, 0) is 55.7 Å². The normalized spacial score (nSPS) is 13.5. The molecule has 2 aromatic carbocycles. The molecule has 1 amide bonds. The topological polar surface area (TPSA) is 64.4 Å². The Hall–Kier alpha value is -3.52. The molecule has 0 aliphatic heterocycles. The van der Waals surface area contributed by atoms with E-state index in [-0.39, 0.29) is 12.5 Å². The second-order valence-electron chi connectivity index (χ2n) is 7.87. The Kier molecular flexibility index (Phi) is 6.37. The van der Waals surface area contributed by atoms with E-state index in [0.717, 1.165) is 22.4 Å². The first kappa shape index (κ1) is 20.7. The maximum atomic E-state index is 12.6. The number of aryl methyl sites for hydroxylation is 1. The van der Waals surface area contributed by atoms with Crippen LogP contribution in [0.2, 0.25) is 0 Å². The van der Waals surface area contributed by atoms with Crippen LogP contribution in [-0.4, -0.2) is 18.2 Å². The summed E-state index contributed by atoms with van der Waals surface area (Å²) in [7, 11) is 1.62. The highest BCUT2D eigenvalue weighted by Crippen LogP contribution is 2.24. The molecule has 1 aliphatic rings. The molecule has 4 rings (SSSR count). The minimum atomic E-state index is -0.155. The van der Waals surface area contributed by atoms with Crippen molar-refractivity contribution in [3.05, 3.63) is 71.0 Å². The highest BCUT2D eigenvalue weighted by atomic mass is 16.5. The summed E-state index contributed by atoms with van der Waals surface area (Å²) >= 11 is 0. The van der Waals surface area contributed by atoms with Crippen LogP contribution in [0.25, 0.3) is 11.3 Å². The van der Waals surface area contributed by atoms with Gasteiger partial charge in [-0.15, -0.1) is 0 Å². The van der Waals surface area contributed by atoms with Crippen LogP contribution < -0.4 is 10.1 Å². The van der Waals surface area contributed by atoms with Crippen molar-refractivity contribution in [3.8, 4) is 28.8 Å². The first-order valence-electron chi connectivity index (χ1n) is 10.6. The number of hydrogen-bond acceptors (Lipinski definition) is 4. The highest BCUT2D eigenvalue weighted by Gasteiger charge is 2.13. The van der Waals surface area contributed by atoms with E-state index in [2.05, 4.69) is 22.3 Å². The van der Waals surface area contributed by atoms with Gasteiger partial charge >= 0.3 is 0 Å². The molecule has 0 unspecified atom stereocenters. The summed E-state index contributed by atoms with van der Waals surface area (Å²) in [6.45, 7) is 2.25. The highest BCUT2D eigenvalue weighted by molar-refractivity contribution is 5.94. The van der Waals surface area contributed by atoms with E-state index in [1.54, 1.807) is 7.11 Å². The summed E-state index contributed by atoms with van der Waals surface area (Å²) in [6.07, 6.45) is 4.97. The van der Waals surface area contributed by atoms with Crippen LogP contribution in [0.4, 0.5) is 0 Å². The lowest BCUT2D eigenvalue weighted by Crippen LogP contribution is -2.22. The van der Waals surface area contributed by atoms with Gasteiger partial charge in [0.1, 0.15) is 11.4 Å². The van der Waals surface area contributed by atoms with Crippen LogP contribution in [0.3, 0.4) is 0 Å². The van der Waals surface area contributed by atoms with Crippen LogP contribution in [0.1, 0.15) is 52.9 Å². The first-order chi connectivity index (χ1) is 15.1. The van der Waals surface area contributed by atoms with E-state index in [9.17, 15) is 4.79 Å². The molecule has 1 fully saturated rings. The number of ether oxygens (including phenoxy) is 1. The van der Waals surface area contributed by atoms with Gasteiger partial charge in [0, 0.05) is 28.7 Å². The zero-order valence-electron chi connectivity index (χ0n) is 17.9. The molecule has 0 radical (unpaired) electrons. The number of methoxy groups -OCH3 is 1. The van der Waals surface area contributed by atoms with E-state index in [1.165, 1.54) is 25.7 Å². The van der Waals surface area contributed by atoms with Crippen LogP contribution >= 0.6 is 0 Å². The second-order valence-corrected chi connectivity index (χ2v) is 7.87. The molecule has 31 heavy (non-hydrogen) atoms. The van der Waals surface area contributed by atoms with Crippen molar-refractivity contribution in [1.29, 1.82) is 0 Å². The van der Waals surface area contributed by atoms with Gasteiger partial charge in [0.2, 0.25) is 0 Å². The van der Waals surface area contributed by atoms with E-state index in [0.29, 0.717) is 22.9 Å². The predicted octanol–water partition coefficient (Wildman–Crippen LogP) is 5.13. The molecule has 0 saturated heterocycles. The van der Waals surface area contributed by atoms with E-state index < -0.39 is 0 Å². The number of carbonyl (C=O) groups is 1. The molecule has 1 aromatic heterocycles. The SMILES string of the molecule is COc1cccc(-c2cc(CNC(=O)c3ccc(C#CC4CCCC4)c(C)c3)on2)c1. The Labute approximate surface area is 182 Å². The van der Waals surface area contributed by atoms with Crippen molar-refractivity contribution in [2.45, 2.75) is 39.2 Å². The molecule has 1 aliphatic carbocycles. The summed E-state index contributed by atoms with van der Waals surface area (Å²) < 4.78 is 10.6. The molecule has 1 heterocycles. The van der Waals surface area contributed by atoms with Gasteiger partial charge in [0.25, 0.3) is 5.91 Å². The number of nitrogens with zero attached hydrogens (tertiary/aromatic N) is 1. The summed E-state index contributed by atoms with van der Waals surface area (Å²) in [5, 5.41) is 6.99. The number of rotatable bonds is 5. The molecule has 1 saturated carbocycles.